The molecule has 0 saturated heterocycles. The van der Waals surface area contributed by atoms with E-state index in [1.165, 1.54) is 22.2 Å². The highest BCUT2D eigenvalue weighted by Gasteiger charge is 2.10. The summed E-state index contributed by atoms with van der Waals surface area (Å²) in [4.78, 5) is 4.64. The Balaban J connectivity index is 3.01. The van der Waals surface area contributed by atoms with Gasteiger partial charge in [-0.3, -0.25) is 4.98 Å². The minimum Gasteiger partial charge on any atom is -0.349 e. The first-order valence-corrected chi connectivity index (χ1v) is 4.91. The summed E-state index contributed by atoms with van der Waals surface area (Å²) in [6.45, 7) is 8.50. The van der Waals surface area contributed by atoms with E-state index in [4.69, 9.17) is 0 Å². The summed E-state index contributed by atoms with van der Waals surface area (Å²) in [5.41, 5.74) is 7.47. The Morgan fingerprint density at radius 2 is 1.71 bits per heavy atom. The van der Waals surface area contributed by atoms with Gasteiger partial charge in [0.1, 0.15) is 0 Å². The van der Waals surface area contributed by atoms with E-state index >= 15 is 0 Å². The molecule has 2 aromatic heterocycles. The first-order chi connectivity index (χ1) is 6.52. The van der Waals surface area contributed by atoms with E-state index in [9.17, 15) is 0 Å². The molecule has 2 heterocycles. The first-order valence-electron chi connectivity index (χ1n) is 4.91. The van der Waals surface area contributed by atoms with Crippen LogP contribution in [0, 0.1) is 27.7 Å². The molecule has 2 rings (SSSR count). The average molecular weight is 188 g/mol. The third-order valence-corrected chi connectivity index (χ3v) is 3.08. The lowest BCUT2D eigenvalue weighted by Gasteiger charge is -2.07. The van der Waals surface area contributed by atoms with Crippen molar-refractivity contribution in [2.75, 3.05) is 0 Å². The zero-order valence-corrected chi connectivity index (χ0v) is 9.47. The quantitative estimate of drug-likeness (QED) is 0.621. The molecule has 2 heteroatoms. The first kappa shape index (κ1) is 9.25. The van der Waals surface area contributed by atoms with Gasteiger partial charge >= 0.3 is 0 Å². The number of pyridine rings is 1. The molecule has 2 nitrogen and oxygen atoms in total. The standard InChI is InChI=1S/C12H16N2/c1-7-6-14(5)12-9(3)8(2)10(4)13-11(7)12/h6H,1-5H3. The highest BCUT2D eigenvalue weighted by atomic mass is 14.9. The highest BCUT2D eigenvalue weighted by molar-refractivity contribution is 5.83. The summed E-state index contributed by atoms with van der Waals surface area (Å²) < 4.78 is 2.17. The highest BCUT2D eigenvalue weighted by Crippen LogP contribution is 2.24. The smallest absolute Gasteiger partial charge is 0.0916 e. The van der Waals surface area contributed by atoms with Gasteiger partial charge in [-0.1, -0.05) is 0 Å². The number of fused-ring (bicyclic) bond motifs is 1. The second kappa shape index (κ2) is 2.84. The molecule has 0 unspecified atom stereocenters. The number of hydrogen-bond donors (Lipinski definition) is 0. The largest absolute Gasteiger partial charge is 0.349 e. The van der Waals surface area contributed by atoms with Crippen molar-refractivity contribution in [2.24, 2.45) is 7.05 Å². The normalized spacial score (nSPS) is 11.2. The third-order valence-electron chi connectivity index (χ3n) is 3.08. The van der Waals surface area contributed by atoms with Crippen LogP contribution < -0.4 is 0 Å². The maximum absolute atomic E-state index is 4.64. The molecule has 0 saturated carbocycles. The summed E-state index contributed by atoms with van der Waals surface area (Å²) in [7, 11) is 2.08. The molecule has 0 atom stereocenters. The Kier molecular flexibility index (Phi) is 1.88. The molecule has 0 aliphatic heterocycles. The van der Waals surface area contributed by atoms with E-state index in [0.717, 1.165) is 11.2 Å². The number of nitrogens with zero attached hydrogens (tertiary/aromatic N) is 2. The van der Waals surface area contributed by atoms with Crippen molar-refractivity contribution in [2.45, 2.75) is 27.7 Å². The molecule has 0 aliphatic carbocycles. The van der Waals surface area contributed by atoms with Gasteiger partial charge in [0.25, 0.3) is 0 Å². The lowest BCUT2D eigenvalue weighted by molar-refractivity contribution is 0.955. The fourth-order valence-corrected chi connectivity index (χ4v) is 2.05. The van der Waals surface area contributed by atoms with Crippen LogP contribution in [0.2, 0.25) is 0 Å². The minimum atomic E-state index is 1.14. The van der Waals surface area contributed by atoms with Gasteiger partial charge in [-0.25, -0.2) is 0 Å². The van der Waals surface area contributed by atoms with E-state index in [0.29, 0.717) is 0 Å². The van der Waals surface area contributed by atoms with Crippen LogP contribution >= 0.6 is 0 Å². The Morgan fingerprint density at radius 1 is 1.07 bits per heavy atom. The van der Waals surface area contributed by atoms with Crippen LogP contribution in [0.1, 0.15) is 22.4 Å². The molecule has 0 spiro atoms. The number of rotatable bonds is 0. The number of aryl methyl sites for hydroxylation is 4. The van der Waals surface area contributed by atoms with Crippen molar-refractivity contribution in [1.82, 2.24) is 9.55 Å². The summed E-state index contributed by atoms with van der Waals surface area (Å²) >= 11 is 0. The van der Waals surface area contributed by atoms with Crippen molar-refractivity contribution in [3.63, 3.8) is 0 Å². The van der Waals surface area contributed by atoms with Crippen molar-refractivity contribution in [1.29, 1.82) is 0 Å². The number of hydrogen-bond acceptors (Lipinski definition) is 1. The minimum absolute atomic E-state index is 1.14. The molecule has 0 amide bonds. The SMILES string of the molecule is Cc1nc2c(C)cn(C)c2c(C)c1C. The molecule has 0 aromatic carbocycles. The summed E-state index contributed by atoms with van der Waals surface area (Å²) in [6.07, 6.45) is 2.14. The summed E-state index contributed by atoms with van der Waals surface area (Å²) in [6, 6.07) is 0. The van der Waals surface area contributed by atoms with Crippen LogP contribution in [0.4, 0.5) is 0 Å². The maximum atomic E-state index is 4.64. The summed E-state index contributed by atoms with van der Waals surface area (Å²) in [5, 5.41) is 0. The zero-order valence-electron chi connectivity index (χ0n) is 9.47. The van der Waals surface area contributed by atoms with Gasteiger partial charge in [-0.2, -0.15) is 0 Å². The Hall–Kier alpha value is -1.31. The molecule has 0 aliphatic rings. The fraction of sp³-hybridized carbons (Fsp3) is 0.417. The van der Waals surface area contributed by atoms with Gasteiger partial charge in [0.2, 0.25) is 0 Å². The topological polar surface area (TPSA) is 17.8 Å². The fourth-order valence-electron chi connectivity index (χ4n) is 2.05. The van der Waals surface area contributed by atoms with Crippen LogP contribution in [-0.2, 0) is 7.05 Å². The van der Waals surface area contributed by atoms with Gasteiger partial charge in [0.15, 0.2) is 0 Å². The van der Waals surface area contributed by atoms with E-state index in [2.05, 4.69) is 50.5 Å². The Bertz CT molecular complexity index is 507. The van der Waals surface area contributed by atoms with Gasteiger partial charge in [-0.05, 0) is 44.4 Å². The van der Waals surface area contributed by atoms with Gasteiger partial charge < -0.3 is 4.57 Å². The molecule has 14 heavy (non-hydrogen) atoms. The molecular weight excluding hydrogens is 172 g/mol. The molecule has 2 aromatic rings. The average Bonchev–Trinajstić information content (AvgIpc) is 2.38. The molecule has 0 bridgehead atoms. The molecular formula is C12H16N2. The van der Waals surface area contributed by atoms with Crippen LogP contribution in [0.3, 0.4) is 0 Å². The van der Waals surface area contributed by atoms with Gasteiger partial charge in [0.05, 0.1) is 11.0 Å². The molecule has 0 radical (unpaired) electrons. The monoisotopic (exact) mass is 188 g/mol. The van der Waals surface area contributed by atoms with E-state index < -0.39 is 0 Å². The second-order valence-corrected chi connectivity index (χ2v) is 4.07. The Labute approximate surface area is 84.6 Å². The van der Waals surface area contributed by atoms with E-state index in [1.54, 1.807) is 0 Å². The predicted molar refractivity (Wildman–Crippen MR) is 59.7 cm³/mol. The molecule has 0 N–H and O–H groups in total. The predicted octanol–water partition coefficient (Wildman–Crippen LogP) is 2.81. The maximum Gasteiger partial charge on any atom is 0.0916 e. The van der Waals surface area contributed by atoms with Crippen molar-refractivity contribution >= 4 is 11.0 Å². The van der Waals surface area contributed by atoms with Crippen molar-refractivity contribution in [3.8, 4) is 0 Å². The lowest BCUT2D eigenvalue weighted by atomic mass is 10.1. The van der Waals surface area contributed by atoms with Crippen molar-refractivity contribution in [3.05, 3.63) is 28.6 Å². The van der Waals surface area contributed by atoms with Crippen LogP contribution in [0.5, 0.6) is 0 Å². The van der Waals surface area contributed by atoms with Gasteiger partial charge in [-0.15, -0.1) is 0 Å². The third kappa shape index (κ3) is 1.07. The molecule has 74 valence electrons. The van der Waals surface area contributed by atoms with Gasteiger partial charge in [0, 0.05) is 18.9 Å². The Morgan fingerprint density at radius 3 is 2.36 bits per heavy atom. The number of aromatic nitrogens is 2. The van der Waals surface area contributed by atoms with Crippen molar-refractivity contribution < 1.29 is 0 Å². The summed E-state index contributed by atoms with van der Waals surface area (Å²) in [5.74, 6) is 0. The van der Waals surface area contributed by atoms with Crippen LogP contribution in [0.25, 0.3) is 11.0 Å². The van der Waals surface area contributed by atoms with E-state index in [1.807, 2.05) is 0 Å². The van der Waals surface area contributed by atoms with E-state index in [-0.39, 0.29) is 0 Å². The molecule has 0 fully saturated rings. The van der Waals surface area contributed by atoms with Crippen LogP contribution in [0.15, 0.2) is 6.20 Å². The second-order valence-electron chi connectivity index (χ2n) is 4.07. The van der Waals surface area contributed by atoms with Crippen LogP contribution in [-0.4, -0.2) is 9.55 Å². The lowest BCUT2D eigenvalue weighted by Crippen LogP contribution is -1.95. The zero-order chi connectivity index (χ0) is 10.5.